The van der Waals surface area contributed by atoms with Crippen LogP contribution >= 0.6 is 15.9 Å². The van der Waals surface area contributed by atoms with Crippen LogP contribution in [0.25, 0.3) is 0 Å². The van der Waals surface area contributed by atoms with Gasteiger partial charge in [-0.1, -0.05) is 0 Å². The highest BCUT2D eigenvalue weighted by atomic mass is 79.9. The predicted molar refractivity (Wildman–Crippen MR) is 74.6 cm³/mol. The Hall–Kier alpha value is -1.76. The molecule has 20 heavy (non-hydrogen) atoms. The second kappa shape index (κ2) is 5.70. The van der Waals surface area contributed by atoms with E-state index in [4.69, 9.17) is 0 Å². The van der Waals surface area contributed by atoms with E-state index in [-0.39, 0.29) is 11.7 Å². The van der Waals surface area contributed by atoms with Gasteiger partial charge in [0, 0.05) is 16.7 Å². The van der Waals surface area contributed by atoms with Gasteiger partial charge in [-0.3, -0.25) is 4.79 Å². The van der Waals surface area contributed by atoms with E-state index < -0.39 is 17.8 Å². The van der Waals surface area contributed by atoms with E-state index >= 15 is 0 Å². The summed E-state index contributed by atoms with van der Waals surface area (Å²) in [6.45, 7) is 3.84. The quantitative estimate of drug-likeness (QED) is 0.862. The molecule has 4 nitrogen and oxygen atoms in total. The maximum absolute atomic E-state index is 13.4. The summed E-state index contributed by atoms with van der Waals surface area (Å²) in [5.41, 5.74) is 0.208. The molecule has 0 saturated carbocycles. The van der Waals surface area contributed by atoms with E-state index in [9.17, 15) is 13.6 Å². The molecule has 0 bridgehead atoms. The third kappa shape index (κ3) is 3.04. The van der Waals surface area contributed by atoms with Crippen molar-refractivity contribution in [2.24, 2.45) is 0 Å². The number of amides is 1. The van der Waals surface area contributed by atoms with Crippen LogP contribution in [-0.2, 0) is 0 Å². The first-order valence-electron chi connectivity index (χ1n) is 5.89. The Morgan fingerprint density at radius 2 is 2.10 bits per heavy atom. The first-order chi connectivity index (χ1) is 9.38. The summed E-state index contributed by atoms with van der Waals surface area (Å²) in [4.78, 5) is 15.2. The van der Waals surface area contributed by atoms with Gasteiger partial charge in [-0.05, 0) is 48.0 Å². The number of carbonyl (C=O) groups is 1. The summed E-state index contributed by atoms with van der Waals surface area (Å²) in [5, 5.41) is 2.38. The number of nitrogens with zero attached hydrogens (tertiary/aromatic N) is 2. The average molecular weight is 344 g/mol. The van der Waals surface area contributed by atoms with Crippen LogP contribution in [0.15, 0.2) is 28.9 Å². The van der Waals surface area contributed by atoms with Crippen molar-refractivity contribution < 1.29 is 13.6 Å². The lowest BCUT2D eigenvalue weighted by Gasteiger charge is -2.12. The van der Waals surface area contributed by atoms with Crippen molar-refractivity contribution in [1.82, 2.24) is 9.55 Å². The molecular weight excluding hydrogens is 332 g/mol. The first-order valence-corrected chi connectivity index (χ1v) is 6.68. The molecule has 0 aromatic carbocycles. The topological polar surface area (TPSA) is 46.9 Å². The monoisotopic (exact) mass is 343 g/mol. The van der Waals surface area contributed by atoms with Crippen LogP contribution in [-0.4, -0.2) is 15.5 Å². The maximum atomic E-state index is 13.4. The van der Waals surface area contributed by atoms with Gasteiger partial charge in [0.2, 0.25) is 11.9 Å². The summed E-state index contributed by atoms with van der Waals surface area (Å²) in [5.74, 6) is -2.48. The zero-order valence-corrected chi connectivity index (χ0v) is 12.4. The second-order valence-corrected chi connectivity index (χ2v) is 5.39. The summed E-state index contributed by atoms with van der Waals surface area (Å²) in [6.07, 6.45) is 1.76. The minimum absolute atomic E-state index is 0.0678. The van der Waals surface area contributed by atoms with Crippen LogP contribution in [0.1, 0.15) is 30.4 Å². The lowest BCUT2D eigenvalue weighted by atomic mass is 10.3. The van der Waals surface area contributed by atoms with Gasteiger partial charge in [0.1, 0.15) is 5.69 Å². The fourth-order valence-electron chi connectivity index (χ4n) is 1.75. The maximum Gasteiger partial charge on any atom is 0.272 e. The van der Waals surface area contributed by atoms with Crippen molar-refractivity contribution in [3.8, 4) is 0 Å². The molecule has 0 aliphatic carbocycles. The molecule has 0 radical (unpaired) electrons. The largest absolute Gasteiger partial charge is 0.340 e. The molecule has 0 aliphatic heterocycles. The van der Waals surface area contributed by atoms with Crippen molar-refractivity contribution in [3.05, 3.63) is 46.5 Å². The molecule has 0 aliphatic rings. The van der Waals surface area contributed by atoms with Crippen molar-refractivity contribution in [2.45, 2.75) is 19.9 Å². The Labute approximate surface area is 122 Å². The SMILES string of the molecule is CC(C)n1cc(Br)cc1C(=O)Nc1ccc(F)nc1F. The van der Waals surface area contributed by atoms with Crippen LogP contribution in [0.3, 0.4) is 0 Å². The lowest BCUT2D eigenvalue weighted by molar-refractivity contribution is 0.101. The van der Waals surface area contributed by atoms with Crippen LogP contribution < -0.4 is 5.32 Å². The molecule has 0 unspecified atom stereocenters. The molecule has 106 valence electrons. The number of halogens is 3. The molecule has 0 fully saturated rings. The molecule has 0 atom stereocenters. The summed E-state index contributed by atoms with van der Waals surface area (Å²) in [6, 6.07) is 3.81. The second-order valence-electron chi connectivity index (χ2n) is 4.47. The lowest BCUT2D eigenvalue weighted by Crippen LogP contribution is -2.18. The Kier molecular flexibility index (Phi) is 4.17. The fourth-order valence-corrected chi connectivity index (χ4v) is 2.18. The van der Waals surface area contributed by atoms with Gasteiger partial charge in [-0.15, -0.1) is 0 Å². The summed E-state index contributed by atoms with van der Waals surface area (Å²) >= 11 is 3.29. The summed E-state index contributed by atoms with van der Waals surface area (Å²) in [7, 11) is 0. The van der Waals surface area contributed by atoms with Crippen molar-refractivity contribution >= 4 is 27.5 Å². The number of carbonyl (C=O) groups excluding carboxylic acids is 1. The highest BCUT2D eigenvalue weighted by Crippen LogP contribution is 2.21. The van der Waals surface area contributed by atoms with Gasteiger partial charge in [-0.2, -0.15) is 13.8 Å². The predicted octanol–water partition coefficient (Wildman–Crippen LogP) is 3.76. The van der Waals surface area contributed by atoms with E-state index in [0.717, 1.165) is 16.6 Å². The normalized spacial score (nSPS) is 10.9. The Morgan fingerprint density at radius 1 is 1.40 bits per heavy atom. The van der Waals surface area contributed by atoms with E-state index in [0.29, 0.717) is 5.69 Å². The molecule has 1 N–H and O–H groups in total. The molecule has 0 saturated heterocycles. The van der Waals surface area contributed by atoms with Crippen LogP contribution in [0.5, 0.6) is 0 Å². The number of hydrogen-bond donors (Lipinski definition) is 1. The zero-order valence-electron chi connectivity index (χ0n) is 10.8. The van der Waals surface area contributed by atoms with Crippen LogP contribution in [0, 0.1) is 11.9 Å². The first kappa shape index (κ1) is 14.6. The Bertz CT molecular complexity index is 655. The van der Waals surface area contributed by atoms with E-state index in [2.05, 4.69) is 26.2 Å². The van der Waals surface area contributed by atoms with E-state index in [1.54, 1.807) is 16.8 Å². The summed E-state index contributed by atoms with van der Waals surface area (Å²) < 4.78 is 28.6. The molecule has 2 aromatic rings. The Balaban J connectivity index is 2.28. The standard InChI is InChI=1S/C13H12BrF2N3O/c1-7(2)19-6-8(14)5-10(19)13(20)17-9-3-4-11(15)18-12(9)16/h3-7H,1-2H3,(H,17,20). The molecule has 2 heterocycles. The van der Waals surface area contributed by atoms with Gasteiger partial charge in [0.05, 0.1) is 5.69 Å². The Morgan fingerprint density at radius 3 is 2.70 bits per heavy atom. The third-order valence-corrected chi connectivity index (χ3v) is 3.10. The molecule has 2 aromatic heterocycles. The number of rotatable bonds is 3. The number of anilines is 1. The van der Waals surface area contributed by atoms with Crippen molar-refractivity contribution in [1.29, 1.82) is 0 Å². The van der Waals surface area contributed by atoms with Crippen molar-refractivity contribution in [3.63, 3.8) is 0 Å². The molecule has 7 heteroatoms. The molecular formula is C13H12BrF2N3O. The van der Waals surface area contributed by atoms with E-state index in [1.165, 1.54) is 0 Å². The van der Waals surface area contributed by atoms with Gasteiger partial charge in [0.25, 0.3) is 5.91 Å². The van der Waals surface area contributed by atoms with Gasteiger partial charge < -0.3 is 9.88 Å². The average Bonchev–Trinajstić information content (AvgIpc) is 2.75. The van der Waals surface area contributed by atoms with E-state index in [1.807, 2.05) is 13.8 Å². The minimum Gasteiger partial charge on any atom is -0.340 e. The number of nitrogens with one attached hydrogen (secondary N) is 1. The highest BCUT2D eigenvalue weighted by Gasteiger charge is 2.17. The molecule has 2 rings (SSSR count). The van der Waals surface area contributed by atoms with Crippen molar-refractivity contribution in [2.75, 3.05) is 5.32 Å². The van der Waals surface area contributed by atoms with Gasteiger partial charge >= 0.3 is 0 Å². The molecule has 1 amide bonds. The number of pyridine rings is 1. The smallest absolute Gasteiger partial charge is 0.272 e. The zero-order chi connectivity index (χ0) is 14.9. The number of hydrogen-bond acceptors (Lipinski definition) is 2. The third-order valence-electron chi connectivity index (χ3n) is 2.67. The van der Waals surface area contributed by atoms with Gasteiger partial charge in [0.15, 0.2) is 0 Å². The van der Waals surface area contributed by atoms with Gasteiger partial charge in [-0.25, -0.2) is 0 Å². The number of aromatic nitrogens is 2. The molecule has 0 spiro atoms. The minimum atomic E-state index is -1.06. The highest BCUT2D eigenvalue weighted by molar-refractivity contribution is 9.10. The fraction of sp³-hybridized carbons (Fsp3) is 0.231. The van der Waals surface area contributed by atoms with Crippen LogP contribution in [0.4, 0.5) is 14.5 Å². The van der Waals surface area contributed by atoms with Crippen LogP contribution in [0.2, 0.25) is 0 Å².